The van der Waals surface area contributed by atoms with Gasteiger partial charge in [-0.25, -0.2) is 0 Å². The van der Waals surface area contributed by atoms with E-state index in [1.54, 1.807) is 0 Å². The van der Waals surface area contributed by atoms with Crippen molar-refractivity contribution in [1.29, 1.82) is 0 Å². The third-order valence-corrected chi connectivity index (χ3v) is 13.8. The monoisotopic (exact) mass is 945 g/mol. The van der Waals surface area contributed by atoms with Crippen molar-refractivity contribution >= 4 is 17.9 Å². The molecule has 0 aliphatic carbocycles. The van der Waals surface area contributed by atoms with E-state index < -0.39 is 6.10 Å². The lowest BCUT2D eigenvalue weighted by Crippen LogP contribution is -2.30. The van der Waals surface area contributed by atoms with Gasteiger partial charge in [-0.15, -0.1) is 0 Å². The smallest absolute Gasteiger partial charge is 0.306 e. The second kappa shape index (κ2) is 56.7. The van der Waals surface area contributed by atoms with Gasteiger partial charge >= 0.3 is 17.9 Å². The Morgan fingerprint density at radius 2 is 0.493 bits per heavy atom. The standard InChI is InChI=1S/C61H116O6/c1-4-7-10-13-16-19-22-25-28-30-32-33-36-39-42-45-48-51-54-60(63)66-57-58(56-65-59(62)53-50-47-44-41-38-35-27-24-21-18-15-12-9-6-3)67-61(64)55-52-49-46-43-40-37-34-31-29-26-23-20-17-14-11-8-5-2/h35,38,58H,4-34,36-37,39-57H2,1-3H3/b38-35-. The van der Waals surface area contributed by atoms with Gasteiger partial charge in [-0.05, 0) is 44.9 Å². The Labute approximate surface area is 418 Å². The fraction of sp³-hybridized carbons (Fsp3) is 0.918. The Morgan fingerprint density at radius 3 is 0.761 bits per heavy atom. The Morgan fingerprint density at radius 1 is 0.284 bits per heavy atom. The third kappa shape index (κ3) is 55.0. The summed E-state index contributed by atoms with van der Waals surface area (Å²) in [5, 5.41) is 0. The summed E-state index contributed by atoms with van der Waals surface area (Å²) in [7, 11) is 0. The minimum Gasteiger partial charge on any atom is -0.462 e. The van der Waals surface area contributed by atoms with Crippen LogP contribution in [0.25, 0.3) is 0 Å². The predicted molar refractivity (Wildman–Crippen MR) is 289 cm³/mol. The second-order valence-corrected chi connectivity index (χ2v) is 20.6. The number of hydrogen-bond acceptors (Lipinski definition) is 6. The molecule has 0 rings (SSSR count). The molecular weight excluding hydrogens is 829 g/mol. The summed E-state index contributed by atoms with van der Waals surface area (Å²) in [6, 6.07) is 0. The Balaban J connectivity index is 4.31. The van der Waals surface area contributed by atoms with Crippen molar-refractivity contribution in [2.45, 2.75) is 348 Å². The van der Waals surface area contributed by atoms with E-state index in [9.17, 15) is 14.4 Å². The lowest BCUT2D eigenvalue weighted by molar-refractivity contribution is -0.167. The predicted octanol–water partition coefficient (Wildman–Crippen LogP) is 20.1. The van der Waals surface area contributed by atoms with E-state index in [1.165, 1.54) is 238 Å². The summed E-state index contributed by atoms with van der Waals surface area (Å²) < 4.78 is 16.9. The van der Waals surface area contributed by atoms with Crippen molar-refractivity contribution in [2.24, 2.45) is 0 Å². The molecule has 1 unspecified atom stereocenters. The molecule has 0 bridgehead atoms. The Bertz CT molecular complexity index is 1040. The van der Waals surface area contributed by atoms with Crippen LogP contribution in [0.2, 0.25) is 0 Å². The summed E-state index contributed by atoms with van der Waals surface area (Å²) >= 11 is 0. The van der Waals surface area contributed by atoms with Crippen molar-refractivity contribution in [1.82, 2.24) is 0 Å². The quantitative estimate of drug-likeness (QED) is 0.0262. The lowest BCUT2D eigenvalue weighted by Gasteiger charge is -2.18. The zero-order chi connectivity index (χ0) is 48.6. The topological polar surface area (TPSA) is 78.9 Å². The average Bonchev–Trinajstić information content (AvgIpc) is 3.33. The van der Waals surface area contributed by atoms with Gasteiger partial charge in [0.05, 0.1) is 0 Å². The van der Waals surface area contributed by atoms with E-state index in [0.717, 1.165) is 64.2 Å². The maximum Gasteiger partial charge on any atom is 0.306 e. The van der Waals surface area contributed by atoms with Gasteiger partial charge in [-0.1, -0.05) is 290 Å². The fourth-order valence-corrected chi connectivity index (χ4v) is 9.21. The summed E-state index contributed by atoms with van der Waals surface area (Å²) in [6.07, 6.45) is 64.9. The SMILES string of the molecule is CCCCCCCCC/C=C\CCCCCC(=O)OCC(COC(=O)CCCCCCCCCCCCCCCCCCCC)OC(=O)CCCCCCCCCCCCCCCCCCC. The molecular formula is C61H116O6. The van der Waals surface area contributed by atoms with Gasteiger partial charge in [0.1, 0.15) is 13.2 Å². The highest BCUT2D eigenvalue weighted by Crippen LogP contribution is 2.18. The van der Waals surface area contributed by atoms with Gasteiger partial charge in [0.25, 0.3) is 0 Å². The second-order valence-electron chi connectivity index (χ2n) is 20.6. The molecule has 0 radical (unpaired) electrons. The molecule has 0 aliphatic heterocycles. The van der Waals surface area contributed by atoms with E-state index in [2.05, 4.69) is 32.9 Å². The zero-order valence-corrected chi connectivity index (χ0v) is 45.5. The number of hydrogen-bond donors (Lipinski definition) is 0. The number of allylic oxidation sites excluding steroid dienone is 2. The van der Waals surface area contributed by atoms with Crippen LogP contribution < -0.4 is 0 Å². The molecule has 0 aromatic carbocycles. The van der Waals surface area contributed by atoms with Crippen LogP contribution in [0.4, 0.5) is 0 Å². The molecule has 0 fully saturated rings. The normalized spacial score (nSPS) is 12.0. The molecule has 6 heteroatoms. The van der Waals surface area contributed by atoms with Crippen LogP contribution in [-0.2, 0) is 28.6 Å². The van der Waals surface area contributed by atoms with Crippen molar-refractivity contribution in [2.75, 3.05) is 13.2 Å². The number of unbranched alkanes of at least 4 members (excludes halogenated alkanes) is 43. The molecule has 0 saturated heterocycles. The van der Waals surface area contributed by atoms with Gasteiger partial charge in [-0.2, -0.15) is 0 Å². The molecule has 0 N–H and O–H groups in total. The summed E-state index contributed by atoms with van der Waals surface area (Å²) in [4.78, 5) is 38.2. The molecule has 67 heavy (non-hydrogen) atoms. The highest BCUT2D eigenvalue weighted by atomic mass is 16.6. The summed E-state index contributed by atoms with van der Waals surface area (Å²) in [6.45, 7) is 6.69. The van der Waals surface area contributed by atoms with E-state index >= 15 is 0 Å². The molecule has 6 nitrogen and oxygen atoms in total. The summed E-state index contributed by atoms with van der Waals surface area (Å²) in [5.74, 6) is -0.858. The minimum atomic E-state index is -0.770. The largest absolute Gasteiger partial charge is 0.462 e. The molecule has 0 heterocycles. The van der Waals surface area contributed by atoms with E-state index in [1.807, 2.05) is 0 Å². The Hall–Kier alpha value is -1.85. The first-order valence-corrected chi connectivity index (χ1v) is 30.2. The van der Waals surface area contributed by atoms with Gasteiger partial charge in [0, 0.05) is 19.3 Å². The van der Waals surface area contributed by atoms with Gasteiger partial charge in [0.2, 0.25) is 0 Å². The first-order valence-electron chi connectivity index (χ1n) is 30.2. The van der Waals surface area contributed by atoms with Gasteiger partial charge in [0.15, 0.2) is 6.10 Å². The molecule has 0 amide bonds. The number of rotatable bonds is 56. The maximum absolute atomic E-state index is 12.9. The first-order chi connectivity index (χ1) is 33.0. The molecule has 0 spiro atoms. The van der Waals surface area contributed by atoms with Crippen molar-refractivity contribution in [3.8, 4) is 0 Å². The zero-order valence-electron chi connectivity index (χ0n) is 45.5. The van der Waals surface area contributed by atoms with Crippen LogP contribution >= 0.6 is 0 Å². The molecule has 0 saturated carbocycles. The molecule has 0 aromatic rings. The molecule has 1 atom stereocenters. The number of carbonyl (C=O) groups excluding carboxylic acids is 3. The van der Waals surface area contributed by atoms with Crippen LogP contribution in [-0.4, -0.2) is 37.2 Å². The highest BCUT2D eigenvalue weighted by Gasteiger charge is 2.19. The van der Waals surface area contributed by atoms with E-state index in [4.69, 9.17) is 14.2 Å². The van der Waals surface area contributed by atoms with Crippen LogP contribution in [0.1, 0.15) is 342 Å². The van der Waals surface area contributed by atoms with Crippen molar-refractivity contribution in [3.63, 3.8) is 0 Å². The van der Waals surface area contributed by atoms with Crippen LogP contribution in [0, 0.1) is 0 Å². The van der Waals surface area contributed by atoms with Crippen LogP contribution in [0.15, 0.2) is 12.2 Å². The molecule has 396 valence electrons. The number of esters is 3. The third-order valence-electron chi connectivity index (χ3n) is 13.8. The maximum atomic E-state index is 12.9. The molecule has 0 aliphatic rings. The van der Waals surface area contributed by atoms with Crippen molar-refractivity contribution < 1.29 is 28.6 Å². The highest BCUT2D eigenvalue weighted by molar-refractivity contribution is 5.71. The van der Waals surface area contributed by atoms with Crippen molar-refractivity contribution in [3.05, 3.63) is 12.2 Å². The van der Waals surface area contributed by atoms with Crippen LogP contribution in [0.3, 0.4) is 0 Å². The summed E-state index contributed by atoms with van der Waals surface area (Å²) in [5.41, 5.74) is 0. The van der Waals surface area contributed by atoms with E-state index in [0.29, 0.717) is 19.3 Å². The Kier molecular flexibility index (Phi) is 55.2. The van der Waals surface area contributed by atoms with Crippen LogP contribution in [0.5, 0.6) is 0 Å². The minimum absolute atomic E-state index is 0.0683. The molecule has 0 aromatic heterocycles. The van der Waals surface area contributed by atoms with Gasteiger partial charge < -0.3 is 14.2 Å². The van der Waals surface area contributed by atoms with E-state index in [-0.39, 0.29) is 31.1 Å². The van der Waals surface area contributed by atoms with Gasteiger partial charge in [-0.3, -0.25) is 14.4 Å². The number of ether oxygens (including phenoxy) is 3. The first kappa shape index (κ1) is 65.1. The fourth-order valence-electron chi connectivity index (χ4n) is 9.21. The average molecular weight is 946 g/mol. The lowest BCUT2D eigenvalue weighted by atomic mass is 10.0. The number of carbonyl (C=O) groups is 3.